The summed E-state index contributed by atoms with van der Waals surface area (Å²) in [5.74, 6) is -2.65. The highest BCUT2D eigenvalue weighted by Gasteiger charge is 2.36. The molecule has 0 bridgehead atoms. The molecule has 0 saturated heterocycles. The number of amides is 3. The zero-order valence-corrected chi connectivity index (χ0v) is 19.0. The average molecular weight is 469 g/mol. The van der Waals surface area contributed by atoms with Crippen LogP contribution in [0.4, 0.5) is 4.79 Å². The van der Waals surface area contributed by atoms with Crippen molar-refractivity contribution in [3.8, 4) is 5.75 Å². The molecule has 12 heteroatoms. The summed E-state index contributed by atoms with van der Waals surface area (Å²) in [4.78, 5) is 50.7. The van der Waals surface area contributed by atoms with E-state index in [2.05, 4.69) is 15.4 Å². The van der Waals surface area contributed by atoms with E-state index in [1.807, 2.05) is 0 Å². The molecule has 0 aromatic heterocycles. The van der Waals surface area contributed by atoms with E-state index in [-0.39, 0.29) is 17.9 Å². The number of rotatable bonds is 10. The van der Waals surface area contributed by atoms with Gasteiger partial charge >= 0.3 is 12.1 Å². The van der Waals surface area contributed by atoms with E-state index in [0.29, 0.717) is 0 Å². The lowest BCUT2D eigenvalue weighted by Crippen LogP contribution is -2.55. The lowest BCUT2D eigenvalue weighted by molar-refractivity contribution is -0.145. The van der Waals surface area contributed by atoms with Gasteiger partial charge in [0.05, 0.1) is 20.3 Å². The van der Waals surface area contributed by atoms with Crippen molar-refractivity contribution in [3.63, 3.8) is 0 Å². The number of alkyl carbamates (subject to hydrolysis) is 1. The Labute approximate surface area is 191 Å². The van der Waals surface area contributed by atoms with Crippen LogP contribution in [0.25, 0.3) is 0 Å². The Bertz CT molecular complexity index is 839. The van der Waals surface area contributed by atoms with E-state index < -0.39 is 61.3 Å². The van der Waals surface area contributed by atoms with Crippen molar-refractivity contribution in [2.75, 3.05) is 33.4 Å². The first-order chi connectivity index (χ1) is 15.4. The number of benzene rings is 1. The fourth-order valence-corrected chi connectivity index (χ4v) is 2.81. The molecule has 0 spiro atoms. The van der Waals surface area contributed by atoms with Gasteiger partial charge in [0.2, 0.25) is 11.8 Å². The molecule has 0 radical (unpaired) electrons. The fraction of sp³-hybridized carbons (Fsp3) is 0.524. The zero-order valence-electron chi connectivity index (χ0n) is 19.0. The highest BCUT2D eigenvalue weighted by molar-refractivity contribution is 5.93. The highest BCUT2D eigenvalue weighted by atomic mass is 16.6. The third kappa shape index (κ3) is 8.94. The summed E-state index contributed by atoms with van der Waals surface area (Å²) in [6, 6.07) is 2.56. The number of nitrogens with zero attached hydrogens (tertiary/aromatic N) is 1. The van der Waals surface area contributed by atoms with Gasteiger partial charge in [0.1, 0.15) is 30.0 Å². The van der Waals surface area contributed by atoms with Gasteiger partial charge < -0.3 is 40.3 Å². The Balaban J connectivity index is 3.29. The molecule has 33 heavy (non-hydrogen) atoms. The van der Waals surface area contributed by atoms with Gasteiger partial charge in [-0.1, -0.05) is 12.1 Å². The first kappa shape index (κ1) is 27.7. The summed E-state index contributed by atoms with van der Waals surface area (Å²) >= 11 is 0. The topological polar surface area (TPSA) is 175 Å². The predicted molar refractivity (Wildman–Crippen MR) is 115 cm³/mol. The Morgan fingerprint density at radius 1 is 1.15 bits per heavy atom. The van der Waals surface area contributed by atoms with E-state index in [4.69, 9.17) is 4.74 Å². The summed E-state index contributed by atoms with van der Waals surface area (Å²) in [6.45, 7) is 2.60. The van der Waals surface area contributed by atoms with Crippen molar-refractivity contribution in [2.45, 2.75) is 38.5 Å². The largest absolute Gasteiger partial charge is 0.508 e. The number of aliphatic hydroxyl groups is 2. The summed E-state index contributed by atoms with van der Waals surface area (Å²) in [5, 5.41) is 33.7. The van der Waals surface area contributed by atoms with Crippen LogP contribution in [0.3, 0.4) is 0 Å². The zero-order chi connectivity index (χ0) is 25.2. The first-order valence-electron chi connectivity index (χ1n) is 10.1. The number of carbonyl (C=O) groups is 4. The molecule has 3 amide bonds. The molecule has 0 saturated carbocycles. The maximum absolute atomic E-state index is 13.2. The normalized spacial score (nSPS) is 12.8. The molecule has 0 fully saturated rings. The van der Waals surface area contributed by atoms with Crippen LogP contribution >= 0.6 is 0 Å². The lowest BCUT2D eigenvalue weighted by Gasteiger charge is -2.33. The second-order valence-corrected chi connectivity index (χ2v) is 7.93. The number of aromatic hydroxyl groups is 1. The monoisotopic (exact) mass is 469 g/mol. The molecule has 2 atom stereocenters. The molecule has 2 unspecified atom stereocenters. The van der Waals surface area contributed by atoms with Crippen LogP contribution in [0, 0.1) is 0 Å². The predicted octanol–water partition coefficient (Wildman–Crippen LogP) is -0.571. The lowest BCUT2D eigenvalue weighted by atomic mass is 10.0. The molecular weight excluding hydrogens is 438 g/mol. The summed E-state index contributed by atoms with van der Waals surface area (Å²) in [7, 11) is 1.14. The van der Waals surface area contributed by atoms with Crippen LogP contribution in [0.2, 0.25) is 0 Å². The van der Waals surface area contributed by atoms with Gasteiger partial charge in [0, 0.05) is 6.54 Å². The standard InChI is InChI=1S/C21H31N3O9/c1-21(2,3)33-20(31)23-15(12-26)19(30)24(8-9-25)17(13-6-5-7-14(27)10-13)18(29)22-11-16(28)32-4/h5-7,10,15,17,25-27H,8-9,11-12H2,1-4H3,(H,22,29)(H,23,31). The SMILES string of the molecule is COC(=O)CNC(=O)C(c1cccc(O)c1)N(CCO)C(=O)C(CO)NC(=O)OC(C)(C)C. The number of aliphatic hydroxyl groups excluding tert-OH is 2. The van der Waals surface area contributed by atoms with E-state index in [9.17, 15) is 34.5 Å². The number of ether oxygens (including phenoxy) is 2. The number of phenolic OH excluding ortho intramolecular Hbond substituents is 1. The average Bonchev–Trinajstić information content (AvgIpc) is 2.73. The van der Waals surface area contributed by atoms with Gasteiger partial charge in [0.25, 0.3) is 0 Å². The molecule has 0 aliphatic carbocycles. The number of nitrogens with one attached hydrogen (secondary N) is 2. The van der Waals surface area contributed by atoms with Crippen molar-refractivity contribution in [3.05, 3.63) is 29.8 Å². The quantitative estimate of drug-likeness (QED) is 0.281. The van der Waals surface area contributed by atoms with Crippen molar-refractivity contribution in [1.82, 2.24) is 15.5 Å². The van der Waals surface area contributed by atoms with Gasteiger partial charge in [0.15, 0.2) is 0 Å². The van der Waals surface area contributed by atoms with Crippen molar-refractivity contribution in [1.29, 1.82) is 0 Å². The molecular formula is C21H31N3O9. The number of hydrogen-bond donors (Lipinski definition) is 5. The Hall–Kier alpha value is -3.38. The van der Waals surface area contributed by atoms with Crippen molar-refractivity contribution < 1.29 is 44.0 Å². The number of hydrogen-bond acceptors (Lipinski definition) is 9. The van der Waals surface area contributed by atoms with Crippen LogP contribution < -0.4 is 10.6 Å². The molecule has 5 N–H and O–H groups in total. The Morgan fingerprint density at radius 3 is 2.33 bits per heavy atom. The Kier molecular flexibility index (Phi) is 10.6. The van der Waals surface area contributed by atoms with E-state index in [1.54, 1.807) is 20.8 Å². The molecule has 1 aromatic carbocycles. The van der Waals surface area contributed by atoms with Crippen LogP contribution in [0.5, 0.6) is 5.75 Å². The smallest absolute Gasteiger partial charge is 0.408 e. The number of carbonyl (C=O) groups excluding carboxylic acids is 4. The fourth-order valence-electron chi connectivity index (χ4n) is 2.81. The maximum atomic E-state index is 13.2. The van der Waals surface area contributed by atoms with Gasteiger partial charge in [-0.2, -0.15) is 0 Å². The minimum absolute atomic E-state index is 0.160. The molecule has 1 rings (SSSR count). The summed E-state index contributed by atoms with van der Waals surface area (Å²) in [5.41, 5.74) is -0.705. The van der Waals surface area contributed by atoms with Crippen LogP contribution in [0.15, 0.2) is 24.3 Å². The molecule has 1 aromatic rings. The second kappa shape index (κ2) is 12.6. The first-order valence-corrected chi connectivity index (χ1v) is 10.1. The van der Waals surface area contributed by atoms with E-state index >= 15 is 0 Å². The molecule has 0 aliphatic heterocycles. The summed E-state index contributed by atoms with van der Waals surface area (Å²) in [6.07, 6.45) is -0.970. The van der Waals surface area contributed by atoms with E-state index in [1.165, 1.54) is 24.3 Å². The maximum Gasteiger partial charge on any atom is 0.408 e. The van der Waals surface area contributed by atoms with E-state index in [0.717, 1.165) is 12.0 Å². The summed E-state index contributed by atoms with van der Waals surface area (Å²) < 4.78 is 9.59. The highest BCUT2D eigenvalue weighted by Crippen LogP contribution is 2.25. The van der Waals surface area contributed by atoms with Crippen LogP contribution in [0.1, 0.15) is 32.4 Å². The van der Waals surface area contributed by atoms with Crippen LogP contribution in [-0.2, 0) is 23.9 Å². The second-order valence-electron chi connectivity index (χ2n) is 7.93. The third-order valence-electron chi connectivity index (χ3n) is 4.18. The van der Waals surface area contributed by atoms with Gasteiger partial charge in [-0.05, 0) is 38.5 Å². The van der Waals surface area contributed by atoms with Crippen molar-refractivity contribution in [2.24, 2.45) is 0 Å². The number of esters is 1. The van der Waals surface area contributed by atoms with Gasteiger partial charge in [-0.15, -0.1) is 0 Å². The Morgan fingerprint density at radius 2 is 1.82 bits per heavy atom. The minimum atomic E-state index is -1.50. The minimum Gasteiger partial charge on any atom is -0.508 e. The number of phenols is 1. The van der Waals surface area contributed by atoms with Crippen LogP contribution in [-0.4, -0.2) is 89.2 Å². The van der Waals surface area contributed by atoms with Gasteiger partial charge in [-0.3, -0.25) is 14.4 Å². The molecule has 0 aliphatic rings. The molecule has 12 nitrogen and oxygen atoms in total. The third-order valence-corrected chi connectivity index (χ3v) is 4.18. The number of methoxy groups -OCH3 is 1. The molecule has 184 valence electrons. The van der Waals surface area contributed by atoms with Gasteiger partial charge in [-0.25, -0.2) is 4.79 Å². The molecule has 0 heterocycles. The van der Waals surface area contributed by atoms with Crippen molar-refractivity contribution >= 4 is 23.9 Å².